The molecule has 4 rings (SSSR count). The Bertz CT molecular complexity index is 1240. The summed E-state index contributed by atoms with van der Waals surface area (Å²) in [6.07, 6.45) is 1.44. The number of rotatable bonds is 6. The standard InChI is InChI=1S/C25H19IN2O5/c1-32-21-12-17(11-18(26)14-21)13-22-23(29)27-25(31)28(24(22)30)19-7-9-20(10-8-19)33-15-16-5-3-2-4-6-16/h2-14H,15H2,1H3,(H,27,29,31)/b22-13+. The van der Waals surface area contributed by atoms with Gasteiger partial charge in [0, 0.05) is 3.57 Å². The molecule has 8 heteroatoms. The Morgan fingerprint density at radius 2 is 1.67 bits per heavy atom. The van der Waals surface area contributed by atoms with Gasteiger partial charge in [0.2, 0.25) is 0 Å². The molecule has 0 spiro atoms. The SMILES string of the molecule is COc1cc(I)cc(/C=C2\C(=O)NC(=O)N(c3ccc(OCc4ccccc4)cc3)C2=O)c1. The number of ether oxygens (including phenoxy) is 2. The van der Waals surface area contributed by atoms with Crippen molar-refractivity contribution in [1.82, 2.24) is 5.32 Å². The van der Waals surface area contributed by atoms with Crippen molar-refractivity contribution in [1.29, 1.82) is 0 Å². The van der Waals surface area contributed by atoms with Crippen LogP contribution in [-0.2, 0) is 16.2 Å². The molecule has 1 fully saturated rings. The third-order valence-electron chi connectivity index (χ3n) is 4.89. The molecule has 0 atom stereocenters. The second-order valence-corrected chi connectivity index (χ2v) is 8.40. The minimum atomic E-state index is -0.805. The fraction of sp³-hybridized carbons (Fsp3) is 0.0800. The van der Waals surface area contributed by atoms with Crippen LogP contribution in [0.1, 0.15) is 11.1 Å². The van der Waals surface area contributed by atoms with Crippen molar-refractivity contribution in [2.45, 2.75) is 6.61 Å². The van der Waals surface area contributed by atoms with E-state index in [1.165, 1.54) is 13.2 Å². The minimum Gasteiger partial charge on any atom is -0.497 e. The monoisotopic (exact) mass is 554 g/mol. The third-order valence-corrected chi connectivity index (χ3v) is 5.51. The van der Waals surface area contributed by atoms with Crippen LogP contribution in [-0.4, -0.2) is 25.0 Å². The van der Waals surface area contributed by atoms with E-state index in [0.717, 1.165) is 14.0 Å². The van der Waals surface area contributed by atoms with Crippen molar-refractivity contribution >= 4 is 52.2 Å². The maximum Gasteiger partial charge on any atom is 0.335 e. The molecule has 166 valence electrons. The molecule has 0 saturated carbocycles. The van der Waals surface area contributed by atoms with Crippen LogP contribution in [0.25, 0.3) is 6.08 Å². The summed E-state index contributed by atoms with van der Waals surface area (Å²) < 4.78 is 11.9. The van der Waals surface area contributed by atoms with Gasteiger partial charge in [0.05, 0.1) is 12.8 Å². The second kappa shape index (κ2) is 9.86. The Morgan fingerprint density at radius 3 is 2.36 bits per heavy atom. The van der Waals surface area contributed by atoms with Crippen LogP contribution in [0, 0.1) is 3.57 Å². The highest BCUT2D eigenvalue weighted by molar-refractivity contribution is 14.1. The molecule has 33 heavy (non-hydrogen) atoms. The highest BCUT2D eigenvalue weighted by Gasteiger charge is 2.36. The largest absolute Gasteiger partial charge is 0.497 e. The van der Waals surface area contributed by atoms with Gasteiger partial charge in [0.1, 0.15) is 23.7 Å². The number of carbonyl (C=O) groups is 3. The number of urea groups is 1. The molecular formula is C25H19IN2O5. The van der Waals surface area contributed by atoms with Gasteiger partial charge in [0.15, 0.2) is 0 Å². The Balaban J connectivity index is 1.56. The fourth-order valence-electron chi connectivity index (χ4n) is 3.28. The quantitative estimate of drug-likeness (QED) is 0.275. The molecule has 0 unspecified atom stereocenters. The van der Waals surface area contributed by atoms with Crippen LogP contribution in [0.3, 0.4) is 0 Å². The number of halogens is 1. The van der Waals surface area contributed by atoms with E-state index in [1.54, 1.807) is 36.4 Å². The number of imide groups is 2. The summed E-state index contributed by atoms with van der Waals surface area (Å²) in [6.45, 7) is 0.393. The lowest BCUT2D eigenvalue weighted by Gasteiger charge is -2.26. The first-order valence-corrected chi connectivity index (χ1v) is 11.1. The van der Waals surface area contributed by atoms with Crippen molar-refractivity contribution in [3.63, 3.8) is 0 Å². The number of nitrogens with one attached hydrogen (secondary N) is 1. The van der Waals surface area contributed by atoms with Gasteiger partial charge in [-0.05, 0) is 82.3 Å². The van der Waals surface area contributed by atoms with Crippen molar-refractivity contribution in [3.8, 4) is 11.5 Å². The van der Waals surface area contributed by atoms with E-state index in [9.17, 15) is 14.4 Å². The smallest absolute Gasteiger partial charge is 0.335 e. The molecule has 3 aromatic carbocycles. The predicted octanol–water partition coefficient (Wildman–Crippen LogP) is 4.55. The molecule has 1 N–H and O–H groups in total. The van der Waals surface area contributed by atoms with Gasteiger partial charge in [-0.1, -0.05) is 30.3 Å². The lowest BCUT2D eigenvalue weighted by atomic mass is 10.1. The molecule has 4 amide bonds. The molecule has 1 heterocycles. The van der Waals surface area contributed by atoms with Crippen molar-refractivity contribution < 1.29 is 23.9 Å². The fourth-order valence-corrected chi connectivity index (χ4v) is 3.94. The molecule has 0 aliphatic carbocycles. The highest BCUT2D eigenvalue weighted by atomic mass is 127. The molecule has 1 saturated heterocycles. The Hall–Kier alpha value is -3.66. The minimum absolute atomic E-state index is 0.150. The summed E-state index contributed by atoms with van der Waals surface area (Å²) in [7, 11) is 1.54. The van der Waals surface area contributed by atoms with Crippen LogP contribution in [0.2, 0.25) is 0 Å². The lowest BCUT2D eigenvalue weighted by Crippen LogP contribution is -2.54. The van der Waals surface area contributed by atoms with Crippen molar-refractivity contribution in [2.24, 2.45) is 0 Å². The van der Waals surface area contributed by atoms with Gasteiger partial charge in [-0.2, -0.15) is 0 Å². The summed E-state index contributed by atoms with van der Waals surface area (Å²) in [5.41, 5.74) is 1.80. The molecule has 0 radical (unpaired) electrons. The average Bonchev–Trinajstić information content (AvgIpc) is 2.81. The maximum absolute atomic E-state index is 13.1. The molecule has 7 nitrogen and oxygen atoms in total. The molecule has 3 aromatic rings. The molecular weight excluding hydrogens is 535 g/mol. The Labute approximate surface area is 204 Å². The van der Waals surface area contributed by atoms with Gasteiger partial charge >= 0.3 is 6.03 Å². The summed E-state index contributed by atoms with van der Waals surface area (Å²) in [4.78, 5) is 38.9. The number of methoxy groups -OCH3 is 1. The lowest BCUT2D eigenvalue weighted by molar-refractivity contribution is -0.122. The van der Waals surface area contributed by atoms with E-state index in [2.05, 4.69) is 27.9 Å². The first kappa shape index (κ1) is 22.5. The first-order chi connectivity index (χ1) is 15.9. The third kappa shape index (κ3) is 5.23. The van der Waals surface area contributed by atoms with E-state index >= 15 is 0 Å². The van der Waals surface area contributed by atoms with Crippen molar-refractivity contribution in [2.75, 3.05) is 12.0 Å². The summed E-state index contributed by atoms with van der Waals surface area (Å²) in [5.74, 6) is -0.275. The number of anilines is 1. The van der Waals surface area contributed by atoms with Gasteiger partial charge in [-0.15, -0.1) is 0 Å². The Kier molecular flexibility index (Phi) is 6.74. The average molecular weight is 554 g/mol. The van der Waals surface area contributed by atoms with Gasteiger partial charge in [-0.25, -0.2) is 9.69 Å². The number of hydrogen-bond acceptors (Lipinski definition) is 5. The molecule has 1 aliphatic rings. The Morgan fingerprint density at radius 1 is 0.939 bits per heavy atom. The first-order valence-electron chi connectivity index (χ1n) is 9.97. The number of benzene rings is 3. The zero-order chi connectivity index (χ0) is 23.4. The van der Waals surface area contributed by atoms with E-state index < -0.39 is 17.8 Å². The zero-order valence-corrected chi connectivity index (χ0v) is 19.7. The predicted molar refractivity (Wildman–Crippen MR) is 132 cm³/mol. The normalized spacial score (nSPS) is 14.9. The van der Waals surface area contributed by atoms with Gasteiger partial charge in [0.25, 0.3) is 11.8 Å². The van der Waals surface area contributed by atoms with Crippen LogP contribution < -0.4 is 19.7 Å². The molecule has 0 aromatic heterocycles. The zero-order valence-electron chi connectivity index (χ0n) is 17.6. The van der Waals surface area contributed by atoms with Crippen LogP contribution in [0.4, 0.5) is 10.5 Å². The number of carbonyl (C=O) groups excluding carboxylic acids is 3. The topological polar surface area (TPSA) is 84.9 Å². The number of hydrogen-bond donors (Lipinski definition) is 1. The molecule has 0 bridgehead atoms. The number of nitrogens with zero attached hydrogens (tertiary/aromatic N) is 1. The highest BCUT2D eigenvalue weighted by Crippen LogP contribution is 2.26. The summed E-state index contributed by atoms with van der Waals surface area (Å²) in [6, 6.07) is 20.8. The van der Waals surface area contributed by atoms with E-state index in [0.29, 0.717) is 29.4 Å². The number of amides is 4. The molecule has 1 aliphatic heterocycles. The van der Waals surface area contributed by atoms with Crippen molar-refractivity contribution in [3.05, 3.63) is 93.1 Å². The van der Waals surface area contributed by atoms with Gasteiger partial charge < -0.3 is 9.47 Å². The summed E-state index contributed by atoms with van der Waals surface area (Å²) >= 11 is 2.12. The van der Waals surface area contributed by atoms with Crippen LogP contribution >= 0.6 is 22.6 Å². The van der Waals surface area contributed by atoms with E-state index in [1.807, 2.05) is 36.4 Å². The van der Waals surface area contributed by atoms with E-state index in [-0.39, 0.29) is 5.57 Å². The van der Waals surface area contributed by atoms with Gasteiger partial charge in [-0.3, -0.25) is 14.9 Å². The van der Waals surface area contributed by atoms with Crippen LogP contribution in [0.15, 0.2) is 78.4 Å². The second-order valence-electron chi connectivity index (χ2n) is 7.15. The van der Waals surface area contributed by atoms with Crippen LogP contribution in [0.5, 0.6) is 11.5 Å². The maximum atomic E-state index is 13.1. The van der Waals surface area contributed by atoms with E-state index in [4.69, 9.17) is 9.47 Å². The number of barbiturate groups is 1. The summed E-state index contributed by atoms with van der Waals surface area (Å²) in [5, 5.41) is 2.23.